The van der Waals surface area contributed by atoms with Crippen molar-refractivity contribution in [2.24, 2.45) is 0 Å². The first-order valence-electron chi connectivity index (χ1n) is 10.6. The summed E-state index contributed by atoms with van der Waals surface area (Å²) in [4.78, 5) is 15.7. The Morgan fingerprint density at radius 3 is 2.39 bits per heavy atom. The van der Waals surface area contributed by atoms with Crippen molar-refractivity contribution in [2.45, 2.75) is 88.9 Å². The molecule has 1 aromatic rings. The summed E-state index contributed by atoms with van der Waals surface area (Å²) in [7, 11) is 2.22. The molecule has 2 aliphatic rings. The lowest BCUT2D eigenvalue weighted by Gasteiger charge is -2.37. The van der Waals surface area contributed by atoms with E-state index in [4.69, 9.17) is 10.1 Å². The first kappa shape index (κ1) is 20.8. The molecule has 1 aromatic carbocycles. The van der Waals surface area contributed by atoms with E-state index in [1.165, 1.54) is 12.8 Å². The van der Waals surface area contributed by atoms with Gasteiger partial charge in [0.1, 0.15) is 5.60 Å². The molecule has 0 saturated carbocycles. The van der Waals surface area contributed by atoms with Gasteiger partial charge in [-0.25, -0.2) is 0 Å². The van der Waals surface area contributed by atoms with E-state index in [0.717, 1.165) is 18.4 Å². The fourth-order valence-electron chi connectivity index (χ4n) is 4.66. The second-order valence-electron chi connectivity index (χ2n) is 9.37. The zero-order chi connectivity index (χ0) is 20.3. The number of carbonyl (C=O) groups excluding carboxylic acids is 1. The number of hydrogen-bond acceptors (Lipinski definition) is 4. The number of nitrogens with zero attached hydrogens (tertiary/aromatic N) is 1. The maximum absolute atomic E-state index is 13.2. The monoisotopic (exact) mass is 385 g/mol. The molecule has 28 heavy (non-hydrogen) atoms. The van der Waals surface area contributed by atoms with Crippen LogP contribution in [0.15, 0.2) is 30.3 Å². The zero-order valence-electron chi connectivity index (χ0n) is 17.7. The minimum atomic E-state index is -0.380. The third kappa shape index (κ3) is 5.34. The molecule has 2 heterocycles. The van der Waals surface area contributed by atoms with Gasteiger partial charge in [0.15, 0.2) is 5.90 Å². The number of carbonyl (C=O) groups is 1. The highest BCUT2D eigenvalue weighted by Gasteiger charge is 2.39. The maximum Gasteiger partial charge on any atom is 0.227 e. The molecule has 2 saturated heterocycles. The van der Waals surface area contributed by atoms with Crippen molar-refractivity contribution in [1.82, 2.24) is 10.2 Å². The number of fused-ring (bicyclic) bond motifs is 2. The van der Waals surface area contributed by atoms with E-state index in [2.05, 4.69) is 17.3 Å². The highest BCUT2D eigenvalue weighted by Crippen LogP contribution is 2.34. The lowest BCUT2D eigenvalue weighted by molar-refractivity contribution is -0.123. The van der Waals surface area contributed by atoms with Crippen molar-refractivity contribution in [1.29, 1.82) is 5.41 Å². The van der Waals surface area contributed by atoms with E-state index in [-0.39, 0.29) is 29.4 Å². The fraction of sp³-hybridized carbons (Fsp3) is 0.652. The molecule has 0 aliphatic carbocycles. The van der Waals surface area contributed by atoms with Gasteiger partial charge in [-0.1, -0.05) is 30.3 Å². The first-order valence-corrected chi connectivity index (χ1v) is 10.6. The molecule has 5 heteroatoms. The van der Waals surface area contributed by atoms with E-state index in [9.17, 15) is 4.79 Å². The van der Waals surface area contributed by atoms with E-state index in [1.54, 1.807) is 0 Å². The zero-order valence-corrected chi connectivity index (χ0v) is 17.7. The molecule has 2 N–H and O–H groups in total. The van der Waals surface area contributed by atoms with Crippen LogP contribution < -0.4 is 5.32 Å². The predicted octanol–water partition coefficient (Wildman–Crippen LogP) is 4.08. The van der Waals surface area contributed by atoms with Gasteiger partial charge in [0, 0.05) is 24.5 Å². The summed E-state index contributed by atoms with van der Waals surface area (Å²) in [5.41, 5.74) is 0.633. The Kier molecular flexibility index (Phi) is 6.43. The Balaban J connectivity index is 1.63. The smallest absolute Gasteiger partial charge is 0.227 e. The Bertz CT molecular complexity index is 669. The molecule has 5 nitrogen and oxygen atoms in total. The van der Waals surface area contributed by atoms with Crippen LogP contribution in [0.4, 0.5) is 0 Å². The second-order valence-corrected chi connectivity index (χ2v) is 9.37. The Labute approximate surface area is 169 Å². The van der Waals surface area contributed by atoms with Crippen molar-refractivity contribution in [2.75, 3.05) is 7.05 Å². The van der Waals surface area contributed by atoms with Gasteiger partial charge in [-0.2, -0.15) is 0 Å². The largest absolute Gasteiger partial charge is 0.476 e. The van der Waals surface area contributed by atoms with E-state index in [1.807, 2.05) is 51.1 Å². The van der Waals surface area contributed by atoms with Crippen LogP contribution in [0.3, 0.4) is 0 Å². The van der Waals surface area contributed by atoms with Crippen molar-refractivity contribution in [3.05, 3.63) is 35.9 Å². The molecule has 2 bridgehead atoms. The highest BCUT2D eigenvalue weighted by atomic mass is 16.5. The molecule has 1 amide bonds. The van der Waals surface area contributed by atoms with Crippen LogP contribution in [0.1, 0.15) is 70.8 Å². The Morgan fingerprint density at radius 1 is 1.21 bits per heavy atom. The van der Waals surface area contributed by atoms with Crippen LogP contribution in [0.25, 0.3) is 0 Å². The summed E-state index contributed by atoms with van der Waals surface area (Å²) in [5.74, 6) is 0.0877. The lowest BCUT2D eigenvalue weighted by atomic mass is 9.91. The molecule has 154 valence electrons. The molecule has 2 aliphatic heterocycles. The van der Waals surface area contributed by atoms with Crippen LogP contribution in [-0.2, 0) is 9.53 Å². The van der Waals surface area contributed by atoms with Crippen LogP contribution >= 0.6 is 0 Å². The van der Waals surface area contributed by atoms with Crippen molar-refractivity contribution in [3.63, 3.8) is 0 Å². The normalized spacial score (nSPS) is 25.9. The molecule has 2 unspecified atom stereocenters. The third-order valence-electron chi connectivity index (χ3n) is 6.05. The lowest BCUT2D eigenvalue weighted by Crippen LogP contribution is -2.49. The summed E-state index contributed by atoms with van der Waals surface area (Å²) in [6.45, 7) is 5.83. The molecule has 0 radical (unpaired) electrons. The van der Waals surface area contributed by atoms with Gasteiger partial charge >= 0.3 is 0 Å². The van der Waals surface area contributed by atoms with Gasteiger partial charge in [0.05, 0.1) is 5.92 Å². The van der Waals surface area contributed by atoms with Crippen LogP contribution in [0, 0.1) is 5.41 Å². The molecule has 3 rings (SSSR count). The van der Waals surface area contributed by atoms with Gasteiger partial charge in [-0.3, -0.25) is 10.2 Å². The third-order valence-corrected chi connectivity index (χ3v) is 6.05. The van der Waals surface area contributed by atoms with Crippen LogP contribution in [-0.4, -0.2) is 47.5 Å². The topological polar surface area (TPSA) is 65.4 Å². The number of ether oxygens (including phenoxy) is 1. The SMILES string of the molecule is CN1[C@@H]2CC[C@H]1CC(NC(=O)C(CCC(=N)OC(C)(C)C)c1ccccc1)C2. The number of nitrogens with one attached hydrogen (secondary N) is 2. The Morgan fingerprint density at radius 2 is 1.82 bits per heavy atom. The number of amides is 1. The van der Waals surface area contributed by atoms with E-state index < -0.39 is 0 Å². The van der Waals surface area contributed by atoms with Crippen molar-refractivity contribution in [3.8, 4) is 0 Å². The highest BCUT2D eigenvalue weighted by molar-refractivity contribution is 5.84. The average molecular weight is 386 g/mol. The number of piperidine rings is 1. The molecule has 2 fully saturated rings. The Hall–Kier alpha value is -1.88. The van der Waals surface area contributed by atoms with E-state index in [0.29, 0.717) is 24.9 Å². The minimum Gasteiger partial charge on any atom is -0.476 e. The molecule has 4 atom stereocenters. The average Bonchev–Trinajstić information content (AvgIpc) is 2.82. The number of benzene rings is 1. The second kappa shape index (κ2) is 8.64. The van der Waals surface area contributed by atoms with Crippen LogP contribution in [0.2, 0.25) is 0 Å². The molecular weight excluding hydrogens is 350 g/mol. The quantitative estimate of drug-likeness (QED) is 0.573. The standard InChI is InChI=1S/C23H35N3O2/c1-23(2,3)28-21(24)13-12-20(16-8-6-5-7-9-16)22(27)25-17-14-18-10-11-19(15-17)26(18)4/h5-9,17-20,24H,10-15H2,1-4H3,(H,25,27)/t17?,18-,19+,20?. The fourth-order valence-corrected chi connectivity index (χ4v) is 4.66. The number of hydrogen-bond donors (Lipinski definition) is 2. The van der Waals surface area contributed by atoms with Gasteiger partial charge in [0.25, 0.3) is 0 Å². The minimum absolute atomic E-state index is 0.0868. The summed E-state index contributed by atoms with van der Waals surface area (Å²) in [5, 5.41) is 11.5. The van der Waals surface area contributed by atoms with Crippen molar-refractivity contribution >= 4 is 11.8 Å². The first-order chi connectivity index (χ1) is 13.2. The van der Waals surface area contributed by atoms with Gasteiger partial charge in [-0.15, -0.1) is 0 Å². The molecular formula is C23H35N3O2. The summed E-state index contributed by atoms with van der Waals surface area (Å²) in [6, 6.07) is 11.4. The molecule has 0 aromatic heterocycles. The van der Waals surface area contributed by atoms with E-state index >= 15 is 0 Å². The predicted molar refractivity (Wildman–Crippen MR) is 113 cm³/mol. The summed E-state index contributed by atoms with van der Waals surface area (Å²) < 4.78 is 5.65. The number of rotatable bonds is 6. The van der Waals surface area contributed by atoms with Gasteiger partial charge in [0.2, 0.25) is 5.91 Å². The summed E-state index contributed by atoms with van der Waals surface area (Å²) >= 11 is 0. The van der Waals surface area contributed by atoms with Crippen molar-refractivity contribution < 1.29 is 9.53 Å². The molecule has 0 spiro atoms. The van der Waals surface area contributed by atoms with Gasteiger partial charge in [-0.05, 0) is 65.5 Å². The van der Waals surface area contributed by atoms with Crippen LogP contribution in [0.5, 0.6) is 0 Å². The summed E-state index contributed by atoms with van der Waals surface area (Å²) in [6.07, 6.45) is 5.63. The van der Waals surface area contributed by atoms with Gasteiger partial charge < -0.3 is 15.0 Å². The maximum atomic E-state index is 13.2.